The topological polar surface area (TPSA) is 77.1 Å². The fraction of sp³-hybridized carbons (Fsp3) is 0.250. The number of H-pyrrole nitrogens is 1. The maximum Gasteiger partial charge on any atom is 0.573 e. The number of benzene rings is 1. The molecule has 2 heterocycles. The normalized spacial score (nSPS) is 13.0. The van der Waals surface area contributed by atoms with Crippen LogP contribution in [0.25, 0.3) is 11.0 Å². The summed E-state index contributed by atoms with van der Waals surface area (Å²) < 4.78 is 58.8. The van der Waals surface area contributed by atoms with Crippen LogP contribution in [-0.2, 0) is 16.6 Å². The van der Waals surface area contributed by atoms with Crippen molar-refractivity contribution in [2.45, 2.75) is 24.2 Å². The number of pyridine rings is 1. The SMILES string of the molecule is COc1cc2nc(S(=O)Cc3ccc(C)cn3)[nH]c2cc1OC(F)(F)F. The summed E-state index contributed by atoms with van der Waals surface area (Å²) in [7, 11) is -0.319. The van der Waals surface area contributed by atoms with Gasteiger partial charge in [0.15, 0.2) is 16.7 Å². The average molecular weight is 385 g/mol. The Kier molecular flexibility index (Phi) is 4.86. The van der Waals surface area contributed by atoms with Crippen molar-refractivity contribution in [2.24, 2.45) is 0 Å². The number of hydrogen-bond acceptors (Lipinski definition) is 5. The molecule has 26 heavy (non-hydrogen) atoms. The van der Waals surface area contributed by atoms with Gasteiger partial charge in [0.1, 0.15) is 0 Å². The Hall–Kier alpha value is -2.62. The van der Waals surface area contributed by atoms with Gasteiger partial charge in [0, 0.05) is 18.3 Å². The Morgan fingerprint density at radius 1 is 1.23 bits per heavy atom. The molecule has 3 rings (SSSR count). The molecule has 3 aromatic rings. The number of halogens is 3. The lowest BCUT2D eigenvalue weighted by atomic mass is 10.3. The fourth-order valence-electron chi connectivity index (χ4n) is 2.25. The summed E-state index contributed by atoms with van der Waals surface area (Å²) >= 11 is 0. The molecule has 1 N–H and O–H groups in total. The predicted molar refractivity (Wildman–Crippen MR) is 88.4 cm³/mol. The minimum atomic E-state index is -4.86. The number of aryl methyl sites for hydroxylation is 1. The average Bonchev–Trinajstić information content (AvgIpc) is 2.97. The van der Waals surface area contributed by atoms with E-state index < -0.39 is 22.9 Å². The molecule has 1 atom stereocenters. The molecule has 0 saturated heterocycles. The maximum absolute atomic E-state index is 12.5. The van der Waals surface area contributed by atoms with Gasteiger partial charge < -0.3 is 14.5 Å². The lowest BCUT2D eigenvalue weighted by molar-refractivity contribution is -0.275. The van der Waals surface area contributed by atoms with Gasteiger partial charge >= 0.3 is 6.36 Å². The molecule has 0 aliphatic carbocycles. The molecule has 1 unspecified atom stereocenters. The quantitative estimate of drug-likeness (QED) is 0.728. The van der Waals surface area contributed by atoms with Gasteiger partial charge in [0.25, 0.3) is 0 Å². The lowest BCUT2D eigenvalue weighted by Gasteiger charge is -2.12. The lowest BCUT2D eigenvalue weighted by Crippen LogP contribution is -2.17. The van der Waals surface area contributed by atoms with Gasteiger partial charge in [0.2, 0.25) is 0 Å². The molecular weight excluding hydrogens is 371 g/mol. The molecule has 0 radical (unpaired) electrons. The first kappa shape index (κ1) is 18.2. The van der Waals surface area contributed by atoms with Gasteiger partial charge in [-0.05, 0) is 18.6 Å². The van der Waals surface area contributed by atoms with Crippen molar-refractivity contribution in [1.82, 2.24) is 15.0 Å². The molecule has 0 amide bonds. The molecule has 2 aromatic heterocycles. The number of fused-ring (bicyclic) bond motifs is 1. The summed E-state index contributed by atoms with van der Waals surface area (Å²) in [6, 6.07) is 6.01. The van der Waals surface area contributed by atoms with Crippen molar-refractivity contribution in [3.8, 4) is 11.5 Å². The number of aromatic nitrogens is 3. The molecule has 0 aliphatic heterocycles. The number of hydrogen-bond donors (Lipinski definition) is 1. The highest BCUT2D eigenvalue weighted by Gasteiger charge is 2.33. The van der Waals surface area contributed by atoms with E-state index in [-0.39, 0.29) is 22.2 Å². The Morgan fingerprint density at radius 3 is 2.62 bits per heavy atom. The van der Waals surface area contributed by atoms with Crippen LogP contribution in [0.5, 0.6) is 11.5 Å². The van der Waals surface area contributed by atoms with E-state index in [1.165, 1.54) is 13.2 Å². The van der Waals surface area contributed by atoms with E-state index in [1.54, 1.807) is 12.3 Å². The van der Waals surface area contributed by atoms with E-state index in [4.69, 9.17) is 4.74 Å². The van der Waals surface area contributed by atoms with E-state index in [0.29, 0.717) is 11.2 Å². The van der Waals surface area contributed by atoms with Crippen molar-refractivity contribution in [1.29, 1.82) is 0 Å². The fourth-order valence-corrected chi connectivity index (χ4v) is 3.25. The number of imidazole rings is 1. The Labute approximate surface area is 148 Å². The molecule has 10 heteroatoms. The molecule has 0 fully saturated rings. The Morgan fingerprint density at radius 2 is 2.00 bits per heavy atom. The number of rotatable bonds is 5. The van der Waals surface area contributed by atoms with Gasteiger partial charge in [-0.15, -0.1) is 13.2 Å². The summed E-state index contributed by atoms with van der Waals surface area (Å²) in [4.78, 5) is 11.1. The van der Waals surface area contributed by atoms with E-state index in [0.717, 1.165) is 11.6 Å². The summed E-state index contributed by atoms with van der Waals surface area (Å²) in [5.41, 5.74) is 2.17. The van der Waals surface area contributed by atoms with Crippen molar-refractivity contribution < 1.29 is 26.9 Å². The zero-order valence-corrected chi connectivity index (χ0v) is 14.6. The number of alkyl halides is 3. The minimum absolute atomic E-state index is 0.126. The molecule has 0 spiro atoms. The van der Waals surface area contributed by atoms with Gasteiger partial charge in [-0.25, -0.2) is 4.98 Å². The number of ether oxygens (including phenoxy) is 2. The third-order valence-corrected chi connectivity index (χ3v) is 4.62. The van der Waals surface area contributed by atoms with Crippen LogP contribution in [0.2, 0.25) is 0 Å². The van der Waals surface area contributed by atoms with E-state index in [9.17, 15) is 17.4 Å². The van der Waals surface area contributed by atoms with Crippen LogP contribution < -0.4 is 9.47 Å². The van der Waals surface area contributed by atoms with Crippen LogP contribution in [0.15, 0.2) is 35.6 Å². The molecule has 0 aliphatic rings. The maximum atomic E-state index is 12.5. The largest absolute Gasteiger partial charge is 0.573 e. The van der Waals surface area contributed by atoms with Crippen molar-refractivity contribution >= 4 is 21.8 Å². The molecule has 0 saturated carbocycles. The van der Waals surface area contributed by atoms with E-state index >= 15 is 0 Å². The zero-order chi connectivity index (χ0) is 18.9. The summed E-state index contributed by atoms with van der Waals surface area (Å²) in [5.74, 6) is -0.504. The highest BCUT2D eigenvalue weighted by molar-refractivity contribution is 7.84. The molecule has 0 bridgehead atoms. The Balaban J connectivity index is 1.90. The second kappa shape index (κ2) is 6.94. The van der Waals surface area contributed by atoms with Crippen molar-refractivity contribution in [3.05, 3.63) is 41.7 Å². The van der Waals surface area contributed by atoms with Crippen LogP contribution in [0.3, 0.4) is 0 Å². The third-order valence-electron chi connectivity index (χ3n) is 3.44. The smallest absolute Gasteiger partial charge is 0.493 e. The number of methoxy groups -OCH3 is 1. The van der Waals surface area contributed by atoms with Crippen LogP contribution in [0, 0.1) is 6.92 Å². The van der Waals surface area contributed by atoms with Gasteiger partial charge in [-0.1, -0.05) is 6.07 Å². The van der Waals surface area contributed by atoms with Crippen LogP contribution >= 0.6 is 0 Å². The first-order valence-electron chi connectivity index (χ1n) is 7.38. The number of nitrogens with one attached hydrogen (secondary N) is 1. The minimum Gasteiger partial charge on any atom is -0.493 e. The van der Waals surface area contributed by atoms with Gasteiger partial charge in [-0.2, -0.15) is 0 Å². The van der Waals surface area contributed by atoms with Gasteiger partial charge in [-0.3, -0.25) is 9.19 Å². The second-order valence-electron chi connectivity index (χ2n) is 5.43. The van der Waals surface area contributed by atoms with Crippen LogP contribution in [-0.4, -0.2) is 32.6 Å². The van der Waals surface area contributed by atoms with Crippen LogP contribution in [0.4, 0.5) is 13.2 Å². The predicted octanol–water partition coefficient (Wildman–Crippen LogP) is 3.48. The standard InChI is InChI=1S/C16H14F3N3O3S/c1-9-3-4-10(20-7-9)8-26(23)15-21-11-5-13(24-2)14(6-12(11)22-15)25-16(17,18)19/h3-7H,8H2,1-2H3,(H,21,22). The Bertz CT molecular complexity index is 955. The first-order valence-corrected chi connectivity index (χ1v) is 8.70. The highest BCUT2D eigenvalue weighted by Crippen LogP contribution is 2.35. The van der Waals surface area contributed by atoms with Crippen LogP contribution in [0.1, 0.15) is 11.3 Å². The number of aromatic amines is 1. The molecular formula is C16H14F3N3O3S. The number of nitrogens with zero attached hydrogens (tertiary/aromatic N) is 2. The second-order valence-corrected chi connectivity index (χ2v) is 6.79. The van der Waals surface area contributed by atoms with Crippen molar-refractivity contribution in [3.63, 3.8) is 0 Å². The zero-order valence-electron chi connectivity index (χ0n) is 13.8. The van der Waals surface area contributed by atoms with E-state index in [2.05, 4.69) is 19.7 Å². The summed E-state index contributed by atoms with van der Waals surface area (Å²) in [6.45, 7) is 1.89. The summed E-state index contributed by atoms with van der Waals surface area (Å²) in [6.07, 6.45) is -3.19. The van der Waals surface area contributed by atoms with E-state index in [1.807, 2.05) is 13.0 Å². The summed E-state index contributed by atoms with van der Waals surface area (Å²) in [5, 5.41) is 0.133. The first-order chi connectivity index (χ1) is 12.2. The monoisotopic (exact) mass is 385 g/mol. The highest BCUT2D eigenvalue weighted by atomic mass is 32.2. The van der Waals surface area contributed by atoms with Crippen molar-refractivity contribution in [2.75, 3.05) is 7.11 Å². The van der Waals surface area contributed by atoms with Gasteiger partial charge in [0.05, 0.1) is 40.4 Å². The molecule has 1 aromatic carbocycles. The molecule has 138 valence electrons. The molecule has 6 nitrogen and oxygen atoms in total. The third kappa shape index (κ3) is 4.13.